The number of imidazole rings is 1. The highest BCUT2D eigenvalue weighted by Gasteiger charge is 2.13. The molecule has 0 aliphatic carbocycles. The van der Waals surface area contributed by atoms with Gasteiger partial charge in [0.1, 0.15) is 5.75 Å². The molecule has 3 aromatic rings. The highest BCUT2D eigenvalue weighted by Crippen LogP contribution is 2.23. The SMILES string of the molecule is COc1cccc(-c2nn3cc(CN)nc3n2C)c1. The maximum Gasteiger partial charge on any atom is 0.232 e. The molecule has 0 radical (unpaired) electrons. The molecule has 0 aliphatic rings. The van der Waals surface area contributed by atoms with Crippen molar-refractivity contribution in [3.63, 3.8) is 0 Å². The third-order valence-corrected chi connectivity index (χ3v) is 3.08. The molecule has 0 atom stereocenters. The summed E-state index contributed by atoms with van der Waals surface area (Å²) in [5.74, 6) is 2.42. The fourth-order valence-electron chi connectivity index (χ4n) is 2.09. The molecule has 0 bridgehead atoms. The van der Waals surface area contributed by atoms with Gasteiger partial charge < -0.3 is 10.5 Å². The first-order valence-corrected chi connectivity index (χ1v) is 5.98. The third-order valence-electron chi connectivity index (χ3n) is 3.08. The topological polar surface area (TPSA) is 70.4 Å². The zero-order valence-electron chi connectivity index (χ0n) is 10.9. The van der Waals surface area contributed by atoms with Crippen LogP contribution in [-0.2, 0) is 13.6 Å². The van der Waals surface area contributed by atoms with Crippen LogP contribution in [0.2, 0.25) is 0 Å². The first-order chi connectivity index (χ1) is 9.22. The predicted octanol–water partition coefficient (Wildman–Crippen LogP) is 1.20. The number of methoxy groups -OCH3 is 1. The summed E-state index contributed by atoms with van der Waals surface area (Å²) in [7, 11) is 3.59. The van der Waals surface area contributed by atoms with Gasteiger partial charge in [-0.3, -0.25) is 4.57 Å². The van der Waals surface area contributed by atoms with Crippen LogP contribution in [0.5, 0.6) is 5.75 Å². The fourth-order valence-corrected chi connectivity index (χ4v) is 2.09. The number of hydrogen-bond acceptors (Lipinski definition) is 4. The Morgan fingerprint density at radius 2 is 2.21 bits per heavy atom. The molecule has 2 heterocycles. The van der Waals surface area contributed by atoms with Gasteiger partial charge in [-0.2, -0.15) is 0 Å². The normalized spacial score (nSPS) is 11.1. The minimum absolute atomic E-state index is 0.415. The van der Waals surface area contributed by atoms with Gasteiger partial charge in [0.05, 0.1) is 19.0 Å². The molecule has 6 nitrogen and oxygen atoms in total. The van der Waals surface area contributed by atoms with E-state index >= 15 is 0 Å². The largest absolute Gasteiger partial charge is 0.497 e. The lowest BCUT2D eigenvalue weighted by Gasteiger charge is -2.03. The molecular formula is C13H15N5O. The number of fused-ring (bicyclic) bond motifs is 1. The smallest absolute Gasteiger partial charge is 0.232 e. The van der Waals surface area contributed by atoms with Crippen LogP contribution < -0.4 is 10.5 Å². The number of aromatic nitrogens is 4. The van der Waals surface area contributed by atoms with E-state index in [1.54, 1.807) is 11.6 Å². The van der Waals surface area contributed by atoms with Crippen molar-refractivity contribution < 1.29 is 4.74 Å². The lowest BCUT2D eigenvalue weighted by atomic mass is 10.2. The Kier molecular flexibility index (Phi) is 2.72. The van der Waals surface area contributed by atoms with Crippen LogP contribution in [0.15, 0.2) is 30.5 Å². The second-order valence-corrected chi connectivity index (χ2v) is 4.30. The molecule has 0 spiro atoms. The molecule has 6 heteroatoms. The number of ether oxygens (including phenoxy) is 1. The number of nitrogens with two attached hydrogens (primary N) is 1. The summed E-state index contributed by atoms with van der Waals surface area (Å²) < 4.78 is 8.92. The van der Waals surface area contributed by atoms with E-state index in [-0.39, 0.29) is 0 Å². The molecule has 0 fully saturated rings. The van der Waals surface area contributed by atoms with E-state index < -0.39 is 0 Å². The van der Waals surface area contributed by atoms with Gasteiger partial charge in [0.2, 0.25) is 5.78 Å². The Balaban J connectivity index is 2.14. The van der Waals surface area contributed by atoms with Crippen LogP contribution in [0.1, 0.15) is 5.69 Å². The molecule has 98 valence electrons. The predicted molar refractivity (Wildman–Crippen MR) is 71.8 cm³/mol. The van der Waals surface area contributed by atoms with Gasteiger partial charge in [-0.15, -0.1) is 5.10 Å². The van der Waals surface area contributed by atoms with Crippen molar-refractivity contribution in [3.8, 4) is 17.1 Å². The van der Waals surface area contributed by atoms with Gasteiger partial charge >= 0.3 is 0 Å². The van der Waals surface area contributed by atoms with Crippen molar-refractivity contribution in [1.29, 1.82) is 0 Å². The minimum Gasteiger partial charge on any atom is -0.497 e. The summed E-state index contributed by atoms with van der Waals surface area (Å²) in [6.45, 7) is 0.415. The molecule has 0 unspecified atom stereocenters. The molecule has 2 N–H and O–H groups in total. The van der Waals surface area contributed by atoms with Crippen LogP contribution in [0.25, 0.3) is 17.2 Å². The van der Waals surface area contributed by atoms with Gasteiger partial charge in [0.15, 0.2) is 5.82 Å². The number of nitrogens with zero attached hydrogens (tertiary/aromatic N) is 4. The van der Waals surface area contributed by atoms with Gasteiger partial charge in [0.25, 0.3) is 0 Å². The summed E-state index contributed by atoms with van der Waals surface area (Å²) in [5.41, 5.74) is 7.40. The summed E-state index contributed by atoms with van der Waals surface area (Å²) in [5, 5.41) is 4.53. The Morgan fingerprint density at radius 1 is 1.37 bits per heavy atom. The molecule has 19 heavy (non-hydrogen) atoms. The van der Waals surface area contributed by atoms with E-state index in [9.17, 15) is 0 Å². The monoisotopic (exact) mass is 257 g/mol. The molecule has 3 rings (SSSR count). The van der Waals surface area contributed by atoms with Crippen LogP contribution in [0.3, 0.4) is 0 Å². The van der Waals surface area contributed by atoms with Crippen molar-refractivity contribution in [2.45, 2.75) is 6.54 Å². The van der Waals surface area contributed by atoms with Crippen molar-refractivity contribution in [3.05, 3.63) is 36.2 Å². The summed E-state index contributed by atoms with van der Waals surface area (Å²) in [4.78, 5) is 4.43. The molecule has 0 saturated heterocycles. The van der Waals surface area contributed by atoms with E-state index in [2.05, 4.69) is 10.1 Å². The zero-order chi connectivity index (χ0) is 13.4. The Hall–Kier alpha value is -2.34. The Bertz CT molecular complexity index is 728. The molecule has 0 aliphatic heterocycles. The van der Waals surface area contributed by atoms with Crippen LogP contribution in [0.4, 0.5) is 0 Å². The van der Waals surface area contributed by atoms with Crippen LogP contribution in [0, 0.1) is 0 Å². The van der Waals surface area contributed by atoms with Gasteiger partial charge in [0, 0.05) is 19.2 Å². The Labute approximate surface area is 110 Å². The zero-order valence-corrected chi connectivity index (χ0v) is 10.9. The molecule has 0 saturated carbocycles. The van der Waals surface area contributed by atoms with E-state index in [0.29, 0.717) is 6.54 Å². The first-order valence-electron chi connectivity index (χ1n) is 5.98. The van der Waals surface area contributed by atoms with E-state index in [1.807, 2.05) is 42.1 Å². The first kappa shape index (κ1) is 11.7. The number of rotatable bonds is 3. The highest BCUT2D eigenvalue weighted by molar-refractivity contribution is 5.60. The molecular weight excluding hydrogens is 242 g/mol. The van der Waals surface area contributed by atoms with E-state index in [4.69, 9.17) is 10.5 Å². The summed E-state index contributed by atoms with van der Waals surface area (Å²) in [6, 6.07) is 7.79. The summed E-state index contributed by atoms with van der Waals surface area (Å²) >= 11 is 0. The van der Waals surface area contributed by atoms with Crippen molar-refractivity contribution >= 4 is 5.78 Å². The standard InChI is InChI=1S/C13H15N5O/c1-17-12(9-4-3-5-11(6-9)19-2)16-18-8-10(7-14)15-13(17)18/h3-6,8H,7,14H2,1-2H3. The lowest BCUT2D eigenvalue weighted by molar-refractivity contribution is 0.415. The summed E-state index contributed by atoms with van der Waals surface area (Å²) in [6.07, 6.45) is 1.85. The van der Waals surface area contributed by atoms with E-state index in [0.717, 1.165) is 28.6 Å². The number of hydrogen-bond donors (Lipinski definition) is 1. The second-order valence-electron chi connectivity index (χ2n) is 4.30. The van der Waals surface area contributed by atoms with Crippen molar-refractivity contribution in [1.82, 2.24) is 19.2 Å². The number of benzene rings is 1. The van der Waals surface area contributed by atoms with Gasteiger partial charge in [-0.25, -0.2) is 9.50 Å². The minimum atomic E-state index is 0.415. The third kappa shape index (κ3) is 1.86. The lowest BCUT2D eigenvalue weighted by Crippen LogP contribution is -1.98. The number of aryl methyl sites for hydroxylation is 1. The molecule has 0 amide bonds. The van der Waals surface area contributed by atoms with Crippen LogP contribution in [-0.4, -0.2) is 26.3 Å². The van der Waals surface area contributed by atoms with Gasteiger partial charge in [-0.05, 0) is 12.1 Å². The second kappa shape index (κ2) is 4.40. The van der Waals surface area contributed by atoms with Crippen molar-refractivity contribution in [2.24, 2.45) is 12.8 Å². The Morgan fingerprint density at radius 3 is 2.89 bits per heavy atom. The quantitative estimate of drug-likeness (QED) is 0.765. The van der Waals surface area contributed by atoms with Gasteiger partial charge in [-0.1, -0.05) is 12.1 Å². The maximum atomic E-state index is 5.58. The molecule has 2 aromatic heterocycles. The average molecular weight is 257 g/mol. The molecule has 1 aromatic carbocycles. The highest BCUT2D eigenvalue weighted by atomic mass is 16.5. The average Bonchev–Trinajstić information content (AvgIpc) is 2.98. The van der Waals surface area contributed by atoms with E-state index in [1.165, 1.54) is 0 Å². The maximum absolute atomic E-state index is 5.58. The van der Waals surface area contributed by atoms with Crippen molar-refractivity contribution in [2.75, 3.05) is 7.11 Å². The fraction of sp³-hybridized carbons (Fsp3) is 0.231. The van der Waals surface area contributed by atoms with Crippen LogP contribution >= 0.6 is 0 Å².